The predicted molar refractivity (Wildman–Crippen MR) is 53.5 cm³/mol. The molecular formula is C11H12O4. The van der Waals surface area contributed by atoms with E-state index in [9.17, 15) is 4.79 Å². The van der Waals surface area contributed by atoms with Gasteiger partial charge in [-0.15, -0.1) is 0 Å². The normalized spacial score (nSPS) is 18.1. The van der Waals surface area contributed by atoms with Crippen LogP contribution in [0.15, 0.2) is 18.2 Å². The molecule has 0 fully saturated rings. The van der Waals surface area contributed by atoms with Crippen molar-refractivity contribution in [2.45, 2.75) is 12.3 Å². The molecule has 4 heteroatoms. The molecule has 2 rings (SSSR count). The monoisotopic (exact) mass is 208 g/mol. The number of carboxylic acids is 1. The van der Waals surface area contributed by atoms with E-state index in [1.54, 1.807) is 13.2 Å². The molecule has 0 amide bonds. The molecule has 15 heavy (non-hydrogen) atoms. The summed E-state index contributed by atoms with van der Waals surface area (Å²) in [4.78, 5) is 10.6. The van der Waals surface area contributed by atoms with Crippen molar-refractivity contribution in [2.75, 3.05) is 13.7 Å². The fourth-order valence-corrected chi connectivity index (χ4v) is 1.76. The van der Waals surface area contributed by atoms with E-state index in [1.165, 1.54) is 0 Å². The first kappa shape index (κ1) is 9.83. The van der Waals surface area contributed by atoms with Gasteiger partial charge in [0.05, 0.1) is 20.1 Å². The van der Waals surface area contributed by atoms with E-state index < -0.39 is 5.97 Å². The zero-order valence-corrected chi connectivity index (χ0v) is 8.40. The third kappa shape index (κ3) is 1.88. The van der Waals surface area contributed by atoms with Crippen LogP contribution in [0.1, 0.15) is 17.9 Å². The summed E-state index contributed by atoms with van der Waals surface area (Å²) >= 11 is 0. The Hall–Kier alpha value is -1.71. The number of rotatable bonds is 3. The predicted octanol–water partition coefficient (Wildman–Crippen LogP) is 1.65. The summed E-state index contributed by atoms with van der Waals surface area (Å²) in [5.74, 6) is 0.626. The first-order chi connectivity index (χ1) is 7.20. The third-order valence-electron chi connectivity index (χ3n) is 2.52. The molecule has 1 aliphatic rings. The van der Waals surface area contributed by atoms with Crippen LogP contribution in [0.3, 0.4) is 0 Å². The number of carbonyl (C=O) groups is 1. The Morgan fingerprint density at radius 1 is 1.67 bits per heavy atom. The first-order valence-electron chi connectivity index (χ1n) is 4.73. The van der Waals surface area contributed by atoms with Crippen molar-refractivity contribution in [3.05, 3.63) is 23.8 Å². The van der Waals surface area contributed by atoms with Gasteiger partial charge in [0.2, 0.25) is 0 Å². The van der Waals surface area contributed by atoms with E-state index in [1.807, 2.05) is 12.1 Å². The molecule has 1 atom stereocenters. The van der Waals surface area contributed by atoms with Crippen molar-refractivity contribution < 1.29 is 19.4 Å². The van der Waals surface area contributed by atoms with E-state index in [2.05, 4.69) is 0 Å². The van der Waals surface area contributed by atoms with Crippen molar-refractivity contribution in [3.63, 3.8) is 0 Å². The molecule has 0 saturated heterocycles. The van der Waals surface area contributed by atoms with Crippen molar-refractivity contribution in [2.24, 2.45) is 0 Å². The highest BCUT2D eigenvalue weighted by Gasteiger charge is 2.26. The van der Waals surface area contributed by atoms with Crippen LogP contribution in [0.5, 0.6) is 11.5 Å². The molecule has 1 heterocycles. The molecule has 0 bridgehead atoms. The smallest absolute Gasteiger partial charge is 0.304 e. The second kappa shape index (κ2) is 3.81. The molecule has 0 spiro atoms. The Bertz CT molecular complexity index is 386. The second-order valence-corrected chi connectivity index (χ2v) is 3.51. The van der Waals surface area contributed by atoms with Crippen LogP contribution in [0.25, 0.3) is 0 Å². The van der Waals surface area contributed by atoms with Gasteiger partial charge in [0.15, 0.2) is 0 Å². The van der Waals surface area contributed by atoms with Gasteiger partial charge in [-0.3, -0.25) is 4.79 Å². The number of hydrogen-bond donors (Lipinski definition) is 1. The molecule has 1 aromatic rings. The van der Waals surface area contributed by atoms with Crippen LogP contribution in [0.4, 0.5) is 0 Å². The van der Waals surface area contributed by atoms with Gasteiger partial charge in [-0.05, 0) is 6.07 Å². The molecule has 80 valence electrons. The maximum absolute atomic E-state index is 10.6. The third-order valence-corrected chi connectivity index (χ3v) is 2.52. The fourth-order valence-electron chi connectivity index (χ4n) is 1.76. The Morgan fingerprint density at radius 3 is 3.13 bits per heavy atom. The van der Waals surface area contributed by atoms with Crippen LogP contribution in [0.2, 0.25) is 0 Å². The van der Waals surface area contributed by atoms with Gasteiger partial charge in [0, 0.05) is 17.5 Å². The van der Waals surface area contributed by atoms with Gasteiger partial charge < -0.3 is 14.6 Å². The van der Waals surface area contributed by atoms with E-state index >= 15 is 0 Å². The average molecular weight is 208 g/mol. The lowest BCUT2D eigenvalue weighted by atomic mass is 9.98. The lowest BCUT2D eigenvalue weighted by Crippen LogP contribution is -2.07. The summed E-state index contributed by atoms with van der Waals surface area (Å²) in [6, 6.07) is 5.48. The maximum atomic E-state index is 10.6. The van der Waals surface area contributed by atoms with Crippen molar-refractivity contribution >= 4 is 5.97 Å². The molecule has 1 aromatic carbocycles. The number of methoxy groups -OCH3 is 1. The maximum Gasteiger partial charge on any atom is 0.304 e. The summed E-state index contributed by atoms with van der Waals surface area (Å²) in [6.45, 7) is 0.439. The minimum atomic E-state index is -0.799. The second-order valence-electron chi connectivity index (χ2n) is 3.51. The highest BCUT2D eigenvalue weighted by Crippen LogP contribution is 2.37. The van der Waals surface area contributed by atoms with Crippen molar-refractivity contribution in [1.29, 1.82) is 0 Å². The highest BCUT2D eigenvalue weighted by molar-refractivity contribution is 5.68. The fraction of sp³-hybridized carbons (Fsp3) is 0.364. The summed E-state index contributed by atoms with van der Waals surface area (Å²) in [6.07, 6.45) is 0.110. The Labute approximate surface area is 87.4 Å². The number of carboxylic acid groups (broad SMARTS) is 1. The lowest BCUT2D eigenvalue weighted by molar-refractivity contribution is -0.137. The standard InChI is InChI=1S/C11H12O4/c1-14-8-2-3-9-7(4-11(12)13)6-15-10(9)5-8/h2-3,5,7H,4,6H2,1H3,(H,12,13)/t7-/m0/s1. The minimum absolute atomic E-state index is 0.0385. The Kier molecular flexibility index (Phi) is 2.49. The van der Waals surface area contributed by atoms with E-state index in [0.29, 0.717) is 6.61 Å². The Balaban J connectivity index is 2.24. The molecule has 4 nitrogen and oxygen atoms in total. The van der Waals surface area contributed by atoms with Crippen LogP contribution in [-0.2, 0) is 4.79 Å². The molecule has 1 N–H and O–H groups in total. The van der Waals surface area contributed by atoms with Gasteiger partial charge in [0.25, 0.3) is 0 Å². The number of ether oxygens (including phenoxy) is 2. The van der Waals surface area contributed by atoms with E-state index in [0.717, 1.165) is 17.1 Å². The molecule has 1 aliphatic heterocycles. The largest absolute Gasteiger partial charge is 0.497 e. The topological polar surface area (TPSA) is 55.8 Å². The van der Waals surface area contributed by atoms with Gasteiger partial charge in [0.1, 0.15) is 11.5 Å². The quantitative estimate of drug-likeness (QED) is 0.820. The van der Waals surface area contributed by atoms with Crippen molar-refractivity contribution in [1.82, 2.24) is 0 Å². The summed E-state index contributed by atoms with van der Waals surface area (Å²) in [7, 11) is 1.59. The van der Waals surface area contributed by atoms with Gasteiger partial charge in [-0.25, -0.2) is 0 Å². The van der Waals surface area contributed by atoms with Crippen LogP contribution in [-0.4, -0.2) is 24.8 Å². The molecule has 0 aliphatic carbocycles. The van der Waals surface area contributed by atoms with Crippen LogP contribution < -0.4 is 9.47 Å². The first-order valence-corrected chi connectivity index (χ1v) is 4.73. The molecule has 0 saturated carbocycles. The van der Waals surface area contributed by atoms with Crippen molar-refractivity contribution in [3.8, 4) is 11.5 Å². The van der Waals surface area contributed by atoms with Crippen LogP contribution >= 0.6 is 0 Å². The highest BCUT2D eigenvalue weighted by atomic mass is 16.5. The van der Waals surface area contributed by atoms with Gasteiger partial charge in [-0.2, -0.15) is 0 Å². The molecular weight excluding hydrogens is 196 g/mol. The summed E-state index contributed by atoms with van der Waals surface area (Å²) in [5, 5.41) is 8.72. The summed E-state index contributed by atoms with van der Waals surface area (Å²) < 4.78 is 10.5. The van der Waals surface area contributed by atoms with E-state index in [4.69, 9.17) is 14.6 Å². The molecule has 0 aromatic heterocycles. The number of benzene rings is 1. The Morgan fingerprint density at radius 2 is 2.47 bits per heavy atom. The minimum Gasteiger partial charge on any atom is -0.497 e. The number of hydrogen-bond acceptors (Lipinski definition) is 3. The number of fused-ring (bicyclic) bond motifs is 1. The molecule has 0 radical (unpaired) electrons. The van der Waals surface area contributed by atoms with Gasteiger partial charge >= 0.3 is 5.97 Å². The lowest BCUT2D eigenvalue weighted by Gasteiger charge is -2.05. The average Bonchev–Trinajstić information content (AvgIpc) is 2.60. The number of aliphatic carboxylic acids is 1. The van der Waals surface area contributed by atoms with E-state index in [-0.39, 0.29) is 12.3 Å². The SMILES string of the molecule is COc1ccc2c(c1)OC[C@@H]2CC(=O)O. The van der Waals surface area contributed by atoms with Crippen LogP contribution in [0, 0.1) is 0 Å². The van der Waals surface area contributed by atoms with Gasteiger partial charge in [-0.1, -0.05) is 6.07 Å². The molecule has 0 unspecified atom stereocenters. The summed E-state index contributed by atoms with van der Waals surface area (Å²) in [5.41, 5.74) is 0.957. The zero-order chi connectivity index (χ0) is 10.8. The zero-order valence-electron chi connectivity index (χ0n) is 8.40.